The number of hydrogen-bond donors (Lipinski definition) is 2. The fourth-order valence-corrected chi connectivity index (χ4v) is 2.54. The lowest BCUT2D eigenvalue weighted by Crippen LogP contribution is -2.21. The summed E-state index contributed by atoms with van der Waals surface area (Å²) in [5, 5.41) is 3.39. The summed E-state index contributed by atoms with van der Waals surface area (Å²) in [6.45, 7) is -0.409. The summed E-state index contributed by atoms with van der Waals surface area (Å²) in [6.07, 6.45) is 1.57. The van der Waals surface area contributed by atoms with E-state index in [2.05, 4.69) is 10.3 Å². The molecular formula is C19H18N2O5. The number of aromatic amines is 1. The number of para-hydroxylation sites is 1. The first kappa shape index (κ1) is 17.3. The third kappa shape index (κ3) is 3.61. The van der Waals surface area contributed by atoms with Crippen molar-refractivity contribution in [2.45, 2.75) is 0 Å². The van der Waals surface area contributed by atoms with E-state index >= 15 is 0 Å². The number of H-pyrrole nitrogens is 1. The summed E-state index contributed by atoms with van der Waals surface area (Å²) >= 11 is 0. The fraction of sp³-hybridized carbons (Fsp3) is 0.158. The van der Waals surface area contributed by atoms with Gasteiger partial charge in [0.2, 0.25) is 0 Å². The predicted molar refractivity (Wildman–Crippen MR) is 96.8 cm³/mol. The minimum atomic E-state index is -0.570. The van der Waals surface area contributed by atoms with Crippen LogP contribution in [0.1, 0.15) is 10.4 Å². The van der Waals surface area contributed by atoms with Crippen LogP contribution in [0.25, 0.3) is 10.9 Å². The molecule has 1 heterocycles. The highest BCUT2D eigenvalue weighted by molar-refractivity contribution is 6.05. The molecule has 7 heteroatoms. The number of esters is 1. The van der Waals surface area contributed by atoms with Crippen molar-refractivity contribution in [2.24, 2.45) is 0 Å². The van der Waals surface area contributed by atoms with Crippen LogP contribution in [0.3, 0.4) is 0 Å². The van der Waals surface area contributed by atoms with Gasteiger partial charge in [0.05, 0.1) is 25.5 Å². The van der Waals surface area contributed by atoms with Crippen LogP contribution in [-0.2, 0) is 9.53 Å². The van der Waals surface area contributed by atoms with E-state index in [1.165, 1.54) is 14.2 Å². The average Bonchev–Trinajstić information content (AvgIpc) is 3.10. The number of fused-ring (bicyclic) bond motifs is 1. The van der Waals surface area contributed by atoms with Crippen LogP contribution in [0.4, 0.5) is 5.69 Å². The summed E-state index contributed by atoms with van der Waals surface area (Å²) in [4.78, 5) is 27.3. The van der Waals surface area contributed by atoms with Gasteiger partial charge in [-0.3, -0.25) is 4.79 Å². The lowest BCUT2D eigenvalue weighted by molar-refractivity contribution is -0.119. The van der Waals surface area contributed by atoms with Gasteiger partial charge in [-0.05, 0) is 18.2 Å². The minimum absolute atomic E-state index is 0.385. The van der Waals surface area contributed by atoms with Gasteiger partial charge in [-0.15, -0.1) is 0 Å². The molecule has 0 fully saturated rings. The van der Waals surface area contributed by atoms with Crippen molar-refractivity contribution in [1.82, 2.24) is 4.98 Å². The van der Waals surface area contributed by atoms with Crippen LogP contribution < -0.4 is 14.8 Å². The molecule has 7 nitrogen and oxygen atoms in total. The van der Waals surface area contributed by atoms with Crippen LogP contribution in [-0.4, -0.2) is 37.7 Å². The molecule has 0 aliphatic carbocycles. The van der Waals surface area contributed by atoms with Gasteiger partial charge in [0.1, 0.15) is 11.5 Å². The molecule has 1 aromatic heterocycles. The number of anilines is 1. The number of carbonyl (C=O) groups is 2. The Morgan fingerprint density at radius 2 is 1.88 bits per heavy atom. The van der Waals surface area contributed by atoms with Gasteiger partial charge >= 0.3 is 5.97 Å². The molecule has 26 heavy (non-hydrogen) atoms. The number of amides is 1. The van der Waals surface area contributed by atoms with Gasteiger partial charge in [-0.25, -0.2) is 4.79 Å². The Morgan fingerprint density at radius 1 is 1.08 bits per heavy atom. The molecule has 0 saturated carbocycles. The highest BCUT2D eigenvalue weighted by atomic mass is 16.5. The molecule has 1 amide bonds. The summed E-state index contributed by atoms with van der Waals surface area (Å²) in [5.74, 6) is 0.00669. The van der Waals surface area contributed by atoms with E-state index in [0.29, 0.717) is 22.7 Å². The molecule has 3 rings (SSSR count). The quantitative estimate of drug-likeness (QED) is 0.664. The number of carbonyl (C=O) groups excluding carboxylic acids is 2. The summed E-state index contributed by atoms with van der Waals surface area (Å²) in [7, 11) is 3.03. The van der Waals surface area contributed by atoms with E-state index in [9.17, 15) is 9.59 Å². The summed E-state index contributed by atoms with van der Waals surface area (Å²) < 4.78 is 15.4. The molecule has 134 valence electrons. The Morgan fingerprint density at radius 3 is 2.65 bits per heavy atom. The molecule has 0 unspecified atom stereocenters. The van der Waals surface area contributed by atoms with Crippen molar-refractivity contribution in [3.8, 4) is 11.5 Å². The molecule has 0 spiro atoms. The maximum atomic E-state index is 12.2. The molecule has 0 aliphatic heterocycles. The molecule has 0 aliphatic rings. The van der Waals surface area contributed by atoms with Gasteiger partial charge in [0.25, 0.3) is 5.91 Å². The number of nitrogens with one attached hydrogen (secondary N) is 2. The van der Waals surface area contributed by atoms with Crippen molar-refractivity contribution < 1.29 is 23.8 Å². The van der Waals surface area contributed by atoms with Gasteiger partial charge in [-0.1, -0.05) is 18.2 Å². The molecule has 3 aromatic rings. The maximum Gasteiger partial charge on any atom is 0.340 e. The zero-order valence-electron chi connectivity index (χ0n) is 14.4. The number of methoxy groups -OCH3 is 2. The third-order valence-corrected chi connectivity index (χ3v) is 3.83. The van der Waals surface area contributed by atoms with Gasteiger partial charge in [0.15, 0.2) is 6.61 Å². The van der Waals surface area contributed by atoms with Crippen molar-refractivity contribution in [1.29, 1.82) is 0 Å². The van der Waals surface area contributed by atoms with Crippen molar-refractivity contribution in [3.05, 3.63) is 54.2 Å². The molecule has 0 radical (unpaired) electrons. The number of ether oxygens (including phenoxy) is 3. The first-order chi connectivity index (χ1) is 12.6. The first-order valence-corrected chi connectivity index (χ1v) is 7.87. The van der Waals surface area contributed by atoms with Crippen molar-refractivity contribution >= 4 is 28.5 Å². The second-order valence-electron chi connectivity index (χ2n) is 5.44. The highest BCUT2D eigenvalue weighted by Gasteiger charge is 2.15. The largest absolute Gasteiger partial charge is 0.497 e. The first-order valence-electron chi connectivity index (χ1n) is 7.87. The molecule has 2 aromatic carbocycles. The smallest absolute Gasteiger partial charge is 0.340 e. The Balaban J connectivity index is 1.63. The SMILES string of the molecule is COc1ccc(NC(=O)COC(=O)c2c[nH]c3ccccc23)c(OC)c1. The lowest BCUT2D eigenvalue weighted by Gasteiger charge is -2.11. The molecule has 0 atom stereocenters. The normalized spacial score (nSPS) is 10.4. The van der Waals surface area contributed by atoms with Crippen molar-refractivity contribution in [2.75, 3.05) is 26.1 Å². The van der Waals surface area contributed by atoms with E-state index in [0.717, 1.165) is 10.9 Å². The standard InChI is InChI=1S/C19H18N2O5/c1-24-12-7-8-16(17(9-12)25-2)21-18(22)11-26-19(23)14-10-20-15-6-4-3-5-13(14)15/h3-10,20H,11H2,1-2H3,(H,21,22). The maximum absolute atomic E-state index is 12.2. The molecule has 0 saturated heterocycles. The van der Waals surface area contributed by atoms with Crippen LogP contribution in [0.5, 0.6) is 11.5 Å². The van der Waals surface area contributed by atoms with Crippen LogP contribution in [0, 0.1) is 0 Å². The molecule has 2 N–H and O–H groups in total. The summed E-state index contributed by atoms with van der Waals surface area (Å²) in [5.41, 5.74) is 1.67. The van der Waals surface area contributed by atoms with Gasteiger partial charge in [0, 0.05) is 23.2 Å². The predicted octanol–water partition coefficient (Wildman–Crippen LogP) is 2.98. The summed E-state index contributed by atoms with van der Waals surface area (Å²) in [6, 6.07) is 12.3. The lowest BCUT2D eigenvalue weighted by atomic mass is 10.2. The van der Waals surface area contributed by atoms with Crippen molar-refractivity contribution in [3.63, 3.8) is 0 Å². The zero-order valence-corrected chi connectivity index (χ0v) is 14.4. The van der Waals surface area contributed by atoms with E-state index in [4.69, 9.17) is 14.2 Å². The molecule has 0 bridgehead atoms. The second kappa shape index (κ2) is 7.60. The number of rotatable bonds is 6. The minimum Gasteiger partial charge on any atom is -0.497 e. The van der Waals surface area contributed by atoms with E-state index in [1.54, 1.807) is 24.4 Å². The second-order valence-corrected chi connectivity index (χ2v) is 5.44. The number of benzene rings is 2. The zero-order chi connectivity index (χ0) is 18.5. The number of aromatic nitrogens is 1. The topological polar surface area (TPSA) is 89.6 Å². The molecular weight excluding hydrogens is 336 g/mol. The Labute approximate surface area is 149 Å². The monoisotopic (exact) mass is 354 g/mol. The fourth-order valence-electron chi connectivity index (χ4n) is 2.54. The van der Waals surface area contributed by atoms with Crippen LogP contribution >= 0.6 is 0 Å². The van der Waals surface area contributed by atoms with E-state index in [1.807, 2.05) is 24.3 Å². The van der Waals surface area contributed by atoms with Crippen LogP contribution in [0.2, 0.25) is 0 Å². The van der Waals surface area contributed by atoms with Gasteiger partial charge < -0.3 is 24.5 Å². The Bertz CT molecular complexity index is 948. The average molecular weight is 354 g/mol. The highest BCUT2D eigenvalue weighted by Crippen LogP contribution is 2.29. The van der Waals surface area contributed by atoms with Gasteiger partial charge in [-0.2, -0.15) is 0 Å². The number of hydrogen-bond acceptors (Lipinski definition) is 5. The van der Waals surface area contributed by atoms with E-state index in [-0.39, 0.29) is 0 Å². The van der Waals surface area contributed by atoms with E-state index < -0.39 is 18.5 Å². The van der Waals surface area contributed by atoms with Crippen LogP contribution in [0.15, 0.2) is 48.7 Å². The third-order valence-electron chi connectivity index (χ3n) is 3.83. The Kier molecular flexibility index (Phi) is 5.07. The Hall–Kier alpha value is -3.48.